The van der Waals surface area contributed by atoms with Crippen LogP contribution in [-0.4, -0.2) is 30.4 Å². The predicted molar refractivity (Wildman–Crippen MR) is 97.0 cm³/mol. The van der Waals surface area contributed by atoms with Crippen molar-refractivity contribution in [1.82, 2.24) is 5.43 Å². The topological polar surface area (TPSA) is 80.2 Å². The Hall–Kier alpha value is -2.44. The van der Waals surface area contributed by atoms with Crippen molar-refractivity contribution in [2.45, 2.75) is 6.92 Å². The number of amides is 1. The molecule has 0 saturated carbocycles. The number of hydrogen-bond donors (Lipinski definition) is 2. The van der Waals surface area contributed by atoms with E-state index in [1.54, 1.807) is 30.3 Å². The van der Waals surface area contributed by atoms with Crippen LogP contribution in [0.5, 0.6) is 17.2 Å². The van der Waals surface area contributed by atoms with Gasteiger partial charge in [0.15, 0.2) is 18.1 Å². The number of halogens is 2. The summed E-state index contributed by atoms with van der Waals surface area (Å²) in [5.41, 5.74) is 2.71. The highest BCUT2D eigenvalue weighted by molar-refractivity contribution is 6.35. The van der Waals surface area contributed by atoms with Gasteiger partial charge in [-0.25, -0.2) is 5.43 Å². The van der Waals surface area contributed by atoms with Gasteiger partial charge in [-0.3, -0.25) is 4.79 Å². The van der Waals surface area contributed by atoms with Crippen LogP contribution in [-0.2, 0) is 4.79 Å². The van der Waals surface area contributed by atoms with Crippen LogP contribution in [0.25, 0.3) is 0 Å². The van der Waals surface area contributed by atoms with Crippen molar-refractivity contribution in [2.24, 2.45) is 5.10 Å². The molecule has 0 atom stereocenters. The van der Waals surface area contributed by atoms with Gasteiger partial charge in [-0.05, 0) is 37.3 Å². The second-order valence-corrected chi connectivity index (χ2v) is 5.63. The van der Waals surface area contributed by atoms with Crippen molar-refractivity contribution >= 4 is 35.3 Å². The maximum atomic E-state index is 11.7. The molecule has 0 spiro atoms. The molecule has 0 aromatic heterocycles. The molecule has 0 aliphatic carbocycles. The Kier molecular flexibility index (Phi) is 6.91. The maximum Gasteiger partial charge on any atom is 0.277 e. The molecule has 2 N–H and O–H groups in total. The Morgan fingerprint density at radius 2 is 2.04 bits per heavy atom. The molecule has 6 nitrogen and oxygen atoms in total. The van der Waals surface area contributed by atoms with E-state index in [-0.39, 0.29) is 12.4 Å². The second-order valence-electron chi connectivity index (χ2n) is 4.78. The van der Waals surface area contributed by atoms with E-state index in [1.807, 2.05) is 6.92 Å². The number of phenolic OH excluding ortho intramolecular Hbond substituents is 1. The molecule has 2 aromatic carbocycles. The third kappa shape index (κ3) is 5.55. The van der Waals surface area contributed by atoms with E-state index in [2.05, 4.69) is 10.5 Å². The summed E-state index contributed by atoms with van der Waals surface area (Å²) < 4.78 is 10.6. The van der Waals surface area contributed by atoms with Gasteiger partial charge in [-0.15, -0.1) is 0 Å². The number of carbonyl (C=O) groups is 1. The van der Waals surface area contributed by atoms with Crippen LogP contribution in [0.2, 0.25) is 10.0 Å². The lowest BCUT2D eigenvalue weighted by molar-refractivity contribution is -0.123. The lowest BCUT2D eigenvalue weighted by Crippen LogP contribution is -2.24. The number of para-hydroxylation sites is 1. The van der Waals surface area contributed by atoms with Gasteiger partial charge >= 0.3 is 0 Å². The smallest absolute Gasteiger partial charge is 0.277 e. The molecular formula is C17H16Cl2N2O4. The molecule has 2 aromatic rings. The van der Waals surface area contributed by atoms with Crippen LogP contribution in [0.15, 0.2) is 41.5 Å². The molecule has 25 heavy (non-hydrogen) atoms. The van der Waals surface area contributed by atoms with Gasteiger partial charge in [0.1, 0.15) is 5.75 Å². The lowest BCUT2D eigenvalue weighted by Gasteiger charge is -2.08. The Labute approximate surface area is 155 Å². The zero-order valence-corrected chi connectivity index (χ0v) is 14.8. The summed E-state index contributed by atoms with van der Waals surface area (Å²) >= 11 is 11.7. The zero-order chi connectivity index (χ0) is 18.2. The third-order valence-corrected chi connectivity index (χ3v) is 3.51. The van der Waals surface area contributed by atoms with Gasteiger partial charge in [-0.2, -0.15) is 5.10 Å². The highest BCUT2D eigenvalue weighted by Crippen LogP contribution is 2.28. The van der Waals surface area contributed by atoms with Gasteiger partial charge in [-0.1, -0.05) is 29.3 Å². The van der Waals surface area contributed by atoms with Gasteiger partial charge in [0.2, 0.25) is 0 Å². The third-order valence-electron chi connectivity index (χ3n) is 2.98. The minimum atomic E-state index is -0.484. The van der Waals surface area contributed by atoms with Gasteiger partial charge in [0.05, 0.1) is 17.8 Å². The average Bonchev–Trinajstić information content (AvgIpc) is 2.57. The summed E-state index contributed by atoms with van der Waals surface area (Å²) in [7, 11) is 0. The normalized spacial score (nSPS) is 10.7. The monoisotopic (exact) mass is 382 g/mol. The van der Waals surface area contributed by atoms with Gasteiger partial charge in [0.25, 0.3) is 5.91 Å². The highest BCUT2D eigenvalue weighted by atomic mass is 35.5. The Balaban J connectivity index is 1.89. The Morgan fingerprint density at radius 1 is 1.24 bits per heavy atom. The van der Waals surface area contributed by atoms with Crippen molar-refractivity contribution in [3.8, 4) is 17.2 Å². The molecule has 0 saturated heterocycles. The molecule has 8 heteroatoms. The van der Waals surface area contributed by atoms with Crippen molar-refractivity contribution in [3.63, 3.8) is 0 Å². The molecule has 0 radical (unpaired) electrons. The Morgan fingerprint density at radius 3 is 2.76 bits per heavy atom. The zero-order valence-electron chi connectivity index (χ0n) is 13.3. The molecule has 132 valence electrons. The van der Waals surface area contributed by atoms with E-state index in [0.29, 0.717) is 33.7 Å². The minimum absolute atomic E-state index is 0.0495. The van der Waals surface area contributed by atoms with Crippen molar-refractivity contribution in [3.05, 3.63) is 52.0 Å². The Bertz CT molecular complexity index is 781. The molecule has 0 unspecified atom stereocenters. The maximum absolute atomic E-state index is 11.7. The largest absolute Gasteiger partial charge is 0.504 e. The van der Waals surface area contributed by atoms with Crippen LogP contribution in [0.1, 0.15) is 12.5 Å². The first-order chi connectivity index (χ1) is 12.0. The number of nitrogens with one attached hydrogen (secondary N) is 1. The van der Waals surface area contributed by atoms with Crippen molar-refractivity contribution in [1.29, 1.82) is 0 Å². The number of nitrogens with zero attached hydrogens (tertiary/aromatic N) is 1. The molecule has 0 heterocycles. The fraction of sp³-hybridized carbons (Fsp3) is 0.176. The number of rotatable bonds is 7. The number of aromatic hydroxyl groups is 1. The summed E-state index contributed by atoms with van der Waals surface area (Å²) in [4.78, 5) is 11.7. The molecule has 0 bridgehead atoms. The first-order valence-electron chi connectivity index (χ1n) is 7.35. The number of benzene rings is 2. The molecule has 0 fully saturated rings. The number of phenols is 1. The van der Waals surface area contributed by atoms with E-state index in [1.165, 1.54) is 12.3 Å². The quantitative estimate of drug-likeness (QED) is 0.565. The lowest BCUT2D eigenvalue weighted by atomic mass is 10.2. The van der Waals surface area contributed by atoms with E-state index in [9.17, 15) is 9.90 Å². The number of hydrazone groups is 1. The first kappa shape index (κ1) is 18.9. The summed E-state index contributed by atoms with van der Waals surface area (Å²) in [6, 6.07) is 9.67. The van der Waals surface area contributed by atoms with Gasteiger partial charge < -0.3 is 14.6 Å². The van der Waals surface area contributed by atoms with E-state index in [4.69, 9.17) is 32.7 Å². The predicted octanol–water partition coefficient (Wildman–Crippen LogP) is 3.63. The van der Waals surface area contributed by atoms with Crippen LogP contribution in [0.3, 0.4) is 0 Å². The van der Waals surface area contributed by atoms with Crippen LogP contribution in [0, 0.1) is 0 Å². The molecule has 1 amide bonds. The summed E-state index contributed by atoms with van der Waals surface area (Å²) in [5, 5.41) is 14.6. The average molecular weight is 383 g/mol. The second kappa shape index (κ2) is 9.15. The van der Waals surface area contributed by atoms with Crippen LogP contribution >= 0.6 is 23.2 Å². The molecular weight excluding hydrogens is 367 g/mol. The minimum Gasteiger partial charge on any atom is -0.504 e. The van der Waals surface area contributed by atoms with E-state index < -0.39 is 5.91 Å². The fourth-order valence-electron chi connectivity index (χ4n) is 1.86. The van der Waals surface area contributed by atoms with Crippen molar-refractivity contribution in [2.75, 3.05) is 13.2 Å². The molecule has 0 aliphatic rings. The van der Waals surface area contributed by atoms with E-state index >= 15 is 0 Å². The van der Waals surface area contributed by atoms with Crippen molar-refractivity contribution < 1.29 is 19.4 Å². The summed E-state index contributed by atoms with van der Waals surface area (Å²) in [5.74, 6) is 0.153. The van der Waals surface area contributed by atoms with Crippen LogP contribution < -0.4 is 14.9 Å². The number of ether oxygens (including phenoxy) is 2. The van der Waals surface area contributed by atoms with Crippen LogP contribution in [0.4, 0.5) is 0 Å². The SMILES string of the molecule is CCOc1cccc(/C=N/NC(=O)COc2ccc(Cl)cc2Cl)c1O. The standard InChI is InChI=1S/C17H16Cl2N2O4/c1-2-24-15-5-3-4-11(17(15)23)9-20-21-16(22)10-25-14-7-6-12(18)8-13(14)19/h3-9,23H,2,10H2,1H3,(H,21,22)/b20-9+. The number of carbonyl (C=O) groups excluding carboxylic acids is 1. The number of hydrogen-bond acceptors (Lipinski definition) is 5. The summed E-state index contributed by atoms with van der Waals surface area (Å²) in [6.45, 7) is 1.96. The molecule has 2 rings (SSSR count). The summed E-state index contributed by atoms with van der Waals surface area (Å²) in [6.07, 6.45) is 1.31. The fourth-order valence-corrected chi connectivity index (χ4v) is 2.32. The van der Waals surface area contributed by atoms with E-state index in [0.717, 1.165) is 0 Å². The van der Waals surface area contributed by atoms with Gasteiger partial charge in [0, 0.05) is 10.6 Å². The first-order valence-corrected chi connectivity index (χ1v) is 8.11. The highest BCUT2D eigenvalue weighted by Gasteiger charge is 2.07. The molecule has 0 aliphatic heterocycles.